The number of hydrogen-bond donors (Lipinski definition) is 0. The van der Waals surface area contributed by atoms with Gasteiger partial charge in [0.25, 0.3) is 0 Å². The quantitative estimate of drug-likeness (QED) is 0.227. The lowest BCUT2D eigenvalue weighted by atomic mass is 9.86. The van der Waals surface area contributed by atoms with Gasteiger partial charge in [0.15, 0.2) is 16.6 Å². The van der Waals surface area contributed by atoms with Crippen LogP contribution in [0.3, 0.4) is 0 Å². The zero-order chi connectivity index (χ0) is 22.1. The van der Waals surface area contributed by atoms with Crippen molar-refractivity contribution in [3.63, 3.8) is 0 Å². The van der Waals surface area contributed by atoms with E-state index in [-0.39, 0.29) is 28.3 Å². The highest BCUT2D eigenvalue weighted by Crippen LogP contribution is 2.44. The fraction of sp³-hybridized carbons (Fsp3) is 0.773. The van der Waals surface area contributed by atoms with E-state index in [0.29, 0.717) is 12.8 Å². The Morgan fingerprint density at radius 3 is 1.57 bits per heavy atom. The van der Waals surface area contributed by atoms with Crippen LogP contribution in [0.2, 0.25) is 36.3 Å². The molecule has 0 saturated heterocycles. The molecule has 0 unspecified atom stereocenters. The molecule has 2 atom stereocenters. The summed E-state index contributed by atoms with van der Waals surface area (Å²) in [5.74, 6) is -0.320. The predicted molar refractivity (Wildman–Crippen MR) is 123 cm³/mol. The highest BCUT2D eigenvalue weighted by Gasteiger charge is 2.45. The average molecular weight is 427 g/mol. The Labute approximate surface area is 175 Å². The van der Waals surface area contributed by atoms with E-state index in [9.17, 15) is 4.79 Å². The molecule has 162 valence electrons. The number of methoxy groups -OCH3 is 1. The van der Waals surface area contributed by atoms with Crippen LogP contribution in [0.15, 0.2) is 23.8 Å². The summed E-state index contributed by atoms with van der Waals surface area (Å²) in [6.07, 6.45) is 2.71. The Balaban J connectivity index is 3.21. The van der Waals surface area contributed by atoms with Crippen LogP contribution < -0.4 is 0 Å². The molecular formula is C22H42O4Si2. The molecule has 1 rings (SSSR count). The summed E-state index contributed by atoms with van der Waals surface area (Å²) < 4.78 is 18.3. The molecule has 4 nitrogen and oxygen atoms in total. The van der Waals surface area contributed by atoms with Crippen molar-refractivity contribution in [3.05, 3.63) is 23.8 Å². The van der Waals surface area contributed by atoms with Gasteiger partial charge in [0.1, 0.15) is 0 Å². The van der Waals surface area contributed by atoms with Crippen LogP contribution in [0.4, 0.5) is 0 Å². The van der Waals surface area contributed by atoms with Gasteiger partial charge in [-0.15, -0.1) is 0 Å². The summed E-state index contributed by atoms with van der Waals surface area (Å²) in [6.45, 7) is 26.8. The van der Waals surface area contributed by atoms with Crippen LogP contribution in [0.25, 0.3) is 0 Å². The zero-order valence-electron chi connectivity index (χ0n) is 20.0. The van der Waals surface area contributed by atoms with Gasteiger partial charge in [-0.1, -0.05) is 53.7 Å². The molecule has 0 heterocycles. The molecule has 0 aromatic heterocycles. The van der Waals surface area contributed by atoms with E-state index in [1.807, 2.05) is 0 Å². The minimum absolute atomic E-state index is 0.104. The zero-order valence-corrected chi connectivity index (χ0v) is 22.0. The molecule has 0 aromatic carbocycles. The molecule has 1 aliphatic rings. The molecule has 0 amide bonds. The first-order valence-corrected chi connectivity index (χ1v) is 16.0. The molecule has 0 aromatic rings. The van der Waals surface area contributed by atoms with Crippen molar-refractivity contribution in [3.8, 4) is 0 Å². The second-order valence-electron chi connectivity index (χ2n) is 11.0. The van der Waals surface area contributed by atoms with E-state index in [1.165, 1.54) is 7.11 Å². The Morgan fingerprint density at radius 1 is 0.929 bits per heavy atom. The van der Waals surface area contributed by atoms with Gasteiger partial charge >= 0.3 is 5.97 Å². The lowest BCUT2D eigenvalue weighted by Crippen LogP contribution is -2.49. The fourth-order valence-electron chi connectivity index (χ4n) is 2.67. The molecule has 0 bridgehead atoms. The minimum atomic E-state index is -1.99. The average Bonchev–Trinajstić information content (AvgIpc) is 2.48. The first-order chi connectivity index (χ1) is 12.4. The first kappa shape index (κ1) is 25.3. The second-order valence-corrected chi connectivity index (χ2v) is 20.6. The number of carbonyl (C=O) groups is 1. The topological polar surface area (TPSA) is 44.8 Å². The smallest absolute Gasteiger partial charge is 0.330 e. The van der Waals surface area contributed by atoms with E-state index >= 15 is 0 Å². The molecule has 1 aliphatic carbocycles. The van der Waals surface area contributed by atoms with Crippen molar-refractivity contribution in [2.24, 2.45) is 0 Å². The van der Waals surface area contributed by atoms with Gasteiger partial charge in [-0.3, -0.25) is 0 Å². The summed E-state index contributed by atoms with van der Waals surface area (Å²) in [4.78, 5) is 11.9. The third-order valence-electron chi connectivity index (χ3n) is 6.73. The van der Waals surface area contributed by atoms with E-state index < -0.39 is 16.6 Å². The molecule has 0 aliphatic heterocycles. The number of esters is 1. The van der Waals surface area contributed by atoms with Crippen molar-refractivity contribution in [1.82, 2.24) is 0 Å². The Hall–Kier alpha value is -0.696. The molecule has 0 radical (unpaired) electrons. The summed E-state index contributed by atoms with van der Waals surface area (Å²) in [5.41, 5.74) is 2.03. The molecular weight excluding hydrogens is 384 g/mol. The maximum absolute atomic E-state index is 11.9. The number of carbonyl (C=O) groups excluding carboxylic acids is 1. The predicted octanol–water partition coefficient (Wildman–Crippen LogP) is 6.22. The minimum Gasteiger partial charge on any atom is -0.466 e. The standard InChI is InChI=1S/C22H42O4Si2/c1-16-18(25-27(9,10)21(2,3)4)13-17(15-20(23)24-8)14-19(16)26-28(11,12)22(5,6)7/h15,18-19H,1,13-14H2,2-12H3/t18-,19+. The van der Waals surface area contributed by atoms with Crippen LogP contribution in [-0.4, -0.2) is 41.9 Å². The normalized spacial score (nSPS) is 23.8. The first-order valence-electron chi connectivity index (χ1n) is 10.2. The van der Waals surface area contributed by atoms with Gasteiger partial charge < -0.3 is 13.6 Å². The largest absolute Gasteiger partial charge is 0.466 e. The van der Waals surface area contributed by atoms with Crippen molar-refractivity contribution >= 4 is 22.6 Å². The van der Waals surface area contributed by atoms with Crippen molar-refractivity contribution < 1.29 is 18.4 Å². The van der Waals surface area contributed by atoms with Crippen LogP contribution in [0.1, 0.15) is 54.4 Å². The molecule has 1 fully saturated rings. The SMILES string of the molecule is C=C1[C@@H](O[Si](C)(C)C(C)(C)C)CC(=CC(=O)OC)C[C@H]1O[Si](C)(C)C(C)(C)C. The summed E-state index contributed by atoms with van der Waals surface area (Å²) >= 11 is 0. The molecule has 0 N–H and O–H groups in total. The van der Waals surface area contributed by atoms with Crippen molar-refractivity contribution in [2.45, 2.75) is 103 Å². The van der Waals surface area contributed by atoms with E-state index in [1.54, 1.807) is 6.08 Å². The number of hydrogen-bond acceptors (Lipinski definition) is 4. The van der Waals surface area contributed by atoms with E-state index in [2.05, 4.69) is 74.3 Å². The lowest BCUT2D eigenvalue weighted by Gasteiger charge is -2.46. The van der Waals surface area contributed by atoms with Gasteiger partial charge in [-0.25, -0.2) is 4.79 Å². The van der Waals surface area contributed by atoms with Crippen LogP contribution in [0.5, 0.6) is 0 Å². The third-order valence-corrected chi connectivity index (χ3v) is 15.7. The van der Waals surface area contributed by atoms with Crippen molar-refractivity contribution in [1.29, 1.82) is 0 Å². The number of rotatable bonds is 5. The van der Waals surface area contributed by atoms with Gasteiger partial charge in [0.05, 0.1) is 19.3 Å². The highest BCUT2D eigenvalue weighted by molar-refractivity contribution is 6.74. The Kier molecular flexibility index (Phi) is 7.77. The van der Waals surface area contributed by atoms with Gasteiger partial charge in [-0.2, -0.15) is 0 Å². The molecule has 28 heavy (non-hydrogen) atoms. The Morgan fingerprint density at radius 2 is 1.29 bits per heavy atom. The molecule has 6 heteroatoms. The maximum Gasteiger partial charge on any atom is 0.330 e. The molecule has 0 spiro atoms. The van der Waals surface area contributed by atoms with Crippen LogP contribution in [0, 0.1) is 0 Å². The second kappa shape index (κ2) is 8.58. The summed E-state index contributed by atoms with van der Waals surface area (Å²) in [7, 11) is -2.56. The molecule has 1 saturated carbocycles. The van der Waals surface area contributed by atoms with Crippen molar-refractivity contribution in [2.75, 3.05) is 7.11 Å². The van der Waals surface area contributed by atoms with E-state index in [4.69, 9.17) is 13.6 Å². The fourth-order valence-corrected chi connectivity index (χ4v) is 5.27. The van der Waals surface area contributed by atoms with Crippen LogP contribution in [-0.2, 0) is 18.4 Å². The van der Waals surface area contributed by atoms with Gasteiger partial charge in [0, 0.05) is 6.08 Å². The monoisotopic (exact) mass is 426 g/mol. The van der Waals surface area contributed by atoms with Gasteiger partial charge in [0.2, 0.25) is 0 Å². The van der Waals surface area contributed by atoms with Gasteiger partial charge in [-0.05, 0) is 54.7 Å². The number of ether oxygens (including phenoxy) is 1. The third kappa shape index (κ3) is 6.15. The lowest BCUT2D eigenvalue weighted by molar-refractivity contribution is -0.134. The van der Waals surface area contributed by atoms with E-state index in [0.717, 1.165) is 11.1 Å². The van der Waals surface area contributed by atoms with Crippen LogP contribution >= 0.6 is 0 Å². The summed E-state index contributed by atoms with van der Waals surface area (Å²) in [5, 5.41) is 0.208. The maximum atomic E-state index is 11.9. The summed E-state index contributed by atoms with van der Waals surface area (Å²) in [6, 6.07) is 0. The Bertz CT molecular complexity index is 579. The highest BCUT2D eigenvalue weighted by atomic mass is 28.4.